The Kier molecular flexibility index (Phi) is 4.56. The Labute approximate surface area is 119 Å². The molecular weight excluding hydrogens is 321 g/mol. The predicted octanol–water partition coefficient (Wildman–Crippen LogP) is 4.32. The van der Waals surface area contributed by atoms with Crippen LogP contribution in [0.25, 0.3) is 0 Å². The molecule has 1 nitrogen and oxygen atoms in total. The van der Waals surface area contributed by atoms with Crippen molar-refractivity contribution in [1.82, 2.24) is 0 Å². The lowest BCUT2D eigenvalue weighted by Crippen LogP contribution is -2.32. The molecule has 1 aromatic rings. The van der Waals surface area contributed by atoms with Crippen LogP contribution in [0.1, 0.15) is 31.2 Å². The molecule has 0 bridgehead atoms. The molecular formula is C14H16BrF3O. The largest absolute Gasteiger partial charge is 0.392 e. The van der Waals surface area contributed by atoms with Crippen molar-refractivity contribution in [3.05, 3.63) is 34.1 Å². The van der Waals surface area contributed by atoms with Gasteiger partial charge in [0.15, 0.2) is 0 Å². The lowest BCUT2D eigenvalue weighted by molar-refractivity contribution is -0.0619. The van der Waals surface area contributed by atoms with Gasteiger partial charge in [-0.25, -0.2) is 13.2 Å². The van der Waals surface area contributed by atoms with E-state index in [-0.39, 0.29) is 31.0 Å². The number of benzene rings is 1. The molecule has 5 heteroatoms. The van der Waals surface area contributed by atoms with E-state index in [9.17, 15) is 18.3 Å². The van der Waals surface area contributed by atoms with Crippen LogP contribution in [0.5, 0.6) is 0 Å². The molecule has 1 fully saturated rings. The fourth-order valence-corrected chi connectivity index (χ4v) is 2.95. The van der Waals surface area contributed by atoms with Gasteiger partial charge in [-0.1, -0.05) is 15.9 Å². The van der Waals surface area contributed by atoms with Gasteiger partial charge in [0.25, 0.3) is 0 Å². The monoisotopic (exact) mass is 336 g/mol. The molecule has 1 saturated carbocycles. The maximum atomic E-state index is 13.1. The minimum Gasteiger partial charge on any atom is -0.392 e. The summed E-state index contributed by atoms with van der Waals surface area (Å²) in [7, 11) is 0. The van der Waals surface area contributed by atoms with Crippen LogP contribution in [0.4, 0.5) is 13.2 Å². The summed E-state index contributed by atoms with van der Waals surface area (Å²) < 4.78 is 40.0. The lowest BCUT2D eigenvalue weighted by atomic mass is 9.81. The van der Waals surface area contributed by atoms with E-state index in [0.29, 0.717) is 18.4 Å². The van der Waals surface area contributed by atoms with Gasteiger partial charge < -0.3 is 5.11 Å². The molecule has 1 atom stereocenters. The molecule has 1 unspecified atom stereocenters. The number of hydrogen-bond acceptors (Lipinski definition) is 1. The Morgan fingerprint density at radius 1 is 1.32 bits per heavy atom. The summed E-state index contributed by atoms with van der Waals surface area (Å²) in [6.45, 7) is 0. The second kappa shape index (κ2) is 5.83. The Morgan fingerprint density at radius 3 is 2.58 bits per heavy atom. The van der Waals surface area contributed by atoms with Gasteiger partial charge in [0.2, 0.25) is 5.92 Å². The van der Waals surface area contributed by atoms with Gasteiger partial charge >= 0.3 is 0 Å². The molecule has 0 amide bonds. The summed E-state index contributed by atoms with van der Waals surface area (Å²) in [5.74, 6) is -3.08. The molecule has 1 aliphatic rings. The highest BCUT2D eigenvalue weighted by molar-refractivity contribution is 9.10. The Hall–Kier alpha value is -0.550. The first-order chi connectivity index (χ1) is 8.87. The molecule has 19 heavy (non-hydrogen) atoms. The smallest absolute Gasteiger partial charge is 0.248 e. The first-order valence-electron chi connectivity index (χ1n) is 6.37. The Bertz CT molecular complexity index is 440. The average molecular weight is 337 g/mol. The maximum Gasteiger partial charge on any atom is 0.248 e. The second-order valence-electron chi connectivity index (χ2n) is 5.20. The summed E-state index contributed by atoms with van der Waals surface area (Å²) in [6, 6.07) is 4.29. The molecule has 0 saturated heterocycles. The summed E-state index contributed by atoms with van der Waals surface area (Å²) in [5, 5.41) is 10.1. The van der Waals surface area contributed by atoms with Crippen molar-refractivity contribution >= 4 is 15.9 Å². The van der Waals surface area contributed by atoms with E-state index in [1.54, 1.807) is 6.07 Å². The molecule has 0 radical (unpaired) electrons. The zero-order chi connectivity index (χ0) is 14.0. The molecule has 1 N–H and O–H groups in total. The van der Waals surface area contributed by atoms with Crippen LogP contribution in [-0.4, -0.2) is 17.1 Å². The molecule has 2 rings (SSSR count). The molecule has 1 aliphatic carbocycles. The van der Waals surface area contributed by atoms with Gasteiger partial charge in [-0.2, -0.15) is 0 Å². The Morgan fingerprint density at radius 2 is 1.95 bits per heavy atom. The van der Waals surface area contributed by atoms with Gasteiger partial charge in [0.1, 0.15) is 5.82 Å². The molecule has 0 aromatic heterocycles. The SMILES string of the molecule is OC(Cc1cc(F)ccc1Br)C1CCC(F)(F)CC1. The third-order valence-corrected chi connectivity index (χ3v) is 4.52. The molecule has 0 heterocycles. The normalized spacial score (nSPS) is 21.3. The lowest BCUT2D eigenvalue weighted by Gasteiger charge is -2.31. The first kappa shape index (κ1) is 14.9. The first-order valence-corrected chi connectivity index (χ1v) is 7.16. The van der Waals surface area contributed by atoms with Gasteiger partial charge in [0, 0.05) is 17.3 Å². The van der Waals surface area contributed by atoms with Crippen molar-refractivity contribution in [2.45, 2.75) is 44.1 Å². The molecule has 106 valence electrons. The van der Waals surface area contributed by atoms with Gasteiger partial charge in [-0.15, -0.1) is 0 Å². The van der Waals surface area contributed by atoms with Crippen LogP contribution in [-0.2, 0) is 6.42 Å². The summed E-state index contributed by atoms with van der Waals surface area (Å²) in [4.78, 5) is 0. The minimum absolute atomic E-state index is 0.130. The third kappa shape index (κ3) is 3.96. The van der Waals surface area contributed by atoms with Crippen LogP contribution in [0.3, 0.4) is 0 Å². The number of rotatable bonds is 3. The van der Waals surface area contributed by atoms with Crippen LogP contribution in [0.2, 0.25) is 0 Å². The second-order valence-corrected chi connectivity index (χ2v) is 6.05. The summed E-state index contributed by atoms with van der Waals surface area (Å²) in [5.41, 5.74) is 0.671. The van der Waals surface area contributed by atoms with Crippen LogP contribution in [0.15, 0.2) is 22.7 Å². The van der Waals surface area contributed by atoms with E-state index in [1.807, 2.05) is 0 Å². The van der Waals surface area contributed by atoms with Gasteiger partial charge in [0.05, 0.1) is 6.10 Å². The fourth-order valence-electron chi connectivity index (χ4n) is 2.54. The summed E-state index contributed by atoms with van der Waals surface area (Å²) in [6.07, 6.45) is -0.108. The zero-order valence-corrected chi connectivity index (χ0v) is 12.0. The minimum atomic E-state index is -2.59. The Balaban J connectivity index is 1.98. The topological polar surface area (TPSA) is 20.2 Å². The summed E-state index contributed by atoms with van der Waals surface area (Å²) >= 11 is 3.30. The highest BCUT2D eigenvalue weighted by Crippen LogP contribution is 2.38. The average Bonchev–Trinajstić information content (AvgIpc) is 2.33. The molecule has 0 spiro atoms. The number of hydrogen-bond donors (Lipinski definition) is 1. The molecule has 0 aliphatic heterocycles. The predicted molar refractivity (Wildman–Crippen MR) is 70.7 cm³/mol. The number of aliphatic hydroxyl groups is 1. The fraction of sp³-hybridized carbons (Fsp3) is 0.571. The standard InChI is InChI=1S/C14H16BrF3O/c15-12-2-1-11(16)7-10(12)8-13(19)9-3-5-14(17,18)6-4-9/h1-2,7,9,13,19H,3-6,8H2. The molecule has 1 aromatic carbocycles. The maximum absolute atomic E-state index is 13.1. The zero-order valence-electron chi connectivity index (χ0n) is 10.4. The number of halogens is 4. The van der Waals surface area contributed by atoms with Gasteiger partial charge in [-0.3, -0.25) is 0 Å². The van der Waals surface area contributed by atoms with Crippen molar-refractivity contribution in [2.24, 2.45) is 5.92 Å². The van der Waals surface area contributed by atoms with E-state index in [2.05, 4.69) is 15.9 Å². The van der Waals surface area contributed by atoms with Crippen LogP contribution >= 0.6 is 15.9 Å². The van der Waals surface area contributed by atoms with E-state index in [4.69, 9.17) is 0 Å². The van der Waals surface area contributed by atoms with E-state index in [1.165, 1.54) is 12.1 Å². The van der Waals surface area contributed by atoms with E-state index >= 15 is 0 Å². The number of alkyl halides is 2. The van der Waals surface area contributed by atoms with Crippen molar-refractivity contribution in [2.75, 3.05) is 0 Å². The van der Waals surface area contributed by atoms with Crippen LogP contribution < -0.4 is 0 Å². The van der Waals surface area contributed by atoms with E-state index < -0.39 is 12.0 Å². The van der Waals surface area contributed by atoms with Crippen molar-refractivity contribution in [3.8, 4) is 0 Å². The van der Waals surface area contributed by atoms with Crippen molar-refractivity contribution in [1.29, 1.82) is 0 Å². The quantitative estimate of drug-likeness (QED) is 0.871. The van der Waals surface area contributed by atoms with Gasteiger partial charge in [-0.05, 0) is 48.9 Å². The van der Waals surface area contributed by atoms with Crippen molar-refractivity contribution < 1.29 is 18.3 Å². The van der Waals surface area contributed by atoms with Crippen LogP contribution in [0, 0.1) is 11.7 Å². The highest BCUT2D eigenvalue weighted by atomic mass is 79.9. The van der Waals surface area contributed by atoms with Crippen molar-refractivity contribution in [3.63, 3.8) is 0 Å². The van der Waals surface area contributed by atoms with E-state index in [0.717, 1.165) is 4.47 Å². The third-order valence-electron chi connectivity index (χ3n) is 3.74. The number of aliphatic hydroxyl groups excluding tert-OH is 1. The highest BCUT2D eigenvalue weighted by Gasteiger charge is 2.37.